The molecule has 4 rings (SSSR count). The van der Waals surface area contributed by atoms with Gasteiger partial charge in [-0.1, -0.05) is 30.8 Å². The molecule has 0 saturated carbocycles. The summed E-state index contributed by atoms with van der Waals surface area (Å²) in [5, 5.41) is 0.855. The Morgan fingerprint density at radius 2 is 1.93 bits per heavy atom. The maximum absolute atomic E-state index is 14.0. The van der Waals surface area contributed by atoms with Crippen molar-refractivity contribution in [3.8, 4) is 0 Å². The normalized spacial score (nSPS) is 14.3. The molecule has 0 spiro atoms. The van der Waals surface area contributed by atoms with E-state index in [0.717, 1.165) is 5.75 Å². The van der Waals surface area contributed by atoms with Gasteiger partial charge in [-0.2, -0.15) is 0 Å². The highest BCUT2D eigenvalue weighted by atomic mass is 32.2. The minimum Gasteiger partial charge on any atom is -0.366 e. The Morgan fingerprint density at radius 3 is 2.67 bits per heavy atom. The molecular formula is C20H21FN6O2S. The smallest absolute Gasteiger partial charge is 0.264 e. The van der Waals surface area contributed by atoms with E-state index < -0.39 is 0 Å². The summed E-state index contributed by atoms with van der Waals surface area (Å²) in [4.78, 5) is 41.7. The van der Waals surface area contributed by atoms with Crippen LogP contribution in [0.4, 0.5) is 10.1 Å². The van der Waals surface area contributed by atoms with Crippen LogP contribution in [-0.4, -0.2) is 62.3 Å². The van der Waals surface area contributed by atoms with Crippen molar-refractivity contribution in [1.29, 1.82) is 0 Å². The number of halogens is 1. The van der Waals surface area contributed by atoms with E-state index in [4.69, 9.17) is 0 Å². The fraction of sp³-hybridized carbons (Fsp3) is 0.350. The molecule has 156 valence electrons. The Morgan fingerprint density at radius 1 is 1.17 bits per heavy atom. The molecule has 1 amide bonds. The third-order valence-corrected chi connectivity index (χ3v) is 5.71. The van der Waals surface area contributed by atoms with Gasteiger partial charge in [0.1, 0.15) is 24.1 Å². The van der Waals surface area contributed by atoms with Gasteiger partial charge in [0.25, 0.3) is 5.56 Å². The highest BCUT2D eigenvalue weighted by molar-refractivity contribution is 7.99. The number of thioether (sulfide) groups is 1. The van der Waals surface area contributed by atoms with Gasteiger partial charge in [0, 0.05) is 32.4 Å². The van der Waals surface area contributed by atoms with E-state index in [9.17, 15) is 14.0 Å². The van der Waals surface area contributed by atoms with Crippen molar-refractivity contribution in [3.63, 3.8) is 0 Å². The van der Waals surface area contributed by atoms with Gasteiger partial charge in [-0.15, -0.1) is 0 Å². The largest absolute Gasteiger partial charge is 0.366 e. The van der Waals surface area contributed by atoms with Gasteiger partial charge < -0.3 is 9.80 Å². The van der Waals surface area contributed by atoms with E-state index in [-0.39, 0.29) is 29.2 Å². The molecule has 3 heterocycles. The van der Waals surface area contributed by atoms with E-state index in [1.54, 1.807) is 23.1 Å². The number of nitrogens with zero attached hydrogens (tertiary/aromatic N) is 6. The maximum Gasteiger partial charge on any atom is 0.264 e. The van der Waals surface area contributed by atoms with Crippen LogP contribution in [-0.2, 0) is 11.3 Å². The molecule has 0 unspecified atom stereocenters. The number of anilines is 1. The van der Waals surface area contributed by atoms with Crippen LogP contribution >= 0.6 is 11.8 Å². The van der Waals surface area contributed by atoms with Crippen LogP contribution in [0.3, 0.4) is 0 Å². The monoisotopic (exact) mass is 428 g/mol. The summed E-state index contributed by atoms with van der Waals surface area (Å²) >= 11 is 1.47. The van der Waals surface area contributed by atoms with Crippen LogP contribution in [0.5, 0.6) is 0 Å². The molecule has 0 radical (unpaired) electrons. The zero-order valence-electron chi connectivity index (χ0n) is 16.5. The number of fused-ring (bicyclic) bond motifs is 1. The van der Waals surface area contributed by atoms with Crippen LogP contribution in [0.25, 0.3) is 11.0 Å². The summed E-state index contributed by atoms with van der Waals surface area (Å²) in [6.07, 6.45) is 2.81. The summed E-state index contributed by atoms with van der Waals surface area (Å²) in [7, 11) is 0. The molecule has 0 atom stereocenters. The third kappa shape index (κ3) is 4.13. The Bertz CT molecular complexity index is 1130. The van der Waals surface area contributed by atoms with Crippen LogP contribution in [0.2, 0.25) is 0 Å². The number of benzene rings is 1. The van der Waals surface area contributed by atoms with E-state index in [1.807, 2.05) is 11.8 Å². The van der Waals surface area contributed by atoms with Crippen LogP contribution < -0.4 is 10.5 Å². The first-order chi connectivity index (χ1) is 14.6. The second-order valence-corrected chi connectivity index (χ2v) is 8.05. The molecule has 2 aromatic heterocycles. The first kappa shape index (κ1) is 20.3. The van der Waals surface area contributed by atoms with Gasteiger partial charge in [-0.25, -0.2) is 19.3 Å². The molecule has 1 aliphatic rings. The van der Waals surface area contributed by atoms with Crippen molar-refractivity contribution >= 4 is 34.4 Å². The molecule has 1 aliphatic heterocycles. The standard InChI is InChI=1S/C20H21FN6O2S/c1-2-30-20-22-11-14-18(24-20)23-13-27(19(14)29)12-17(28)26-9-7-25(8-10-26)16-6-4-3-5-15(16)21/h3-6,11,13H,2,7-10,12H2,1H3. The molecule has 0 aliphatic carbocycles. The zero-order chi connectivity index (χ0) is 21.1. The Labute approximate surface area is 176 Å². The zero-order valence-corrected chi connectivity index (χ0v) is 17.3. The summed E-state index contributed by atoms with van der Waals surface area (Å²) < 4.78 is 15.3. The average Bonchev–Trinajstić information content (AvgIpc) is 2.76. The van der Waals surface area contributed by atoms with Crippen molar-refractivity contribution in [2.75, 3.05) is 36.8 Å². The number of hydrogen-bond acceptors (Lipinski definition) is 7. The quantitative estimate of drug-likeness (QED) is 0.452. The van der Waals surface area contributed by atoms with Gasteiger partial charge in [0.05, 0.1) is 5.69 Å². The fourth-order valence-electron chi connectivity index (χ4n) is 3.40. The predicted molar refractivity (Wildman–Crippen MR) is 113 cm³/mol. The highest BCUT2D eigenvalue weighted by Gasteiger charge is 2.23. The van der Waals surface area contributed by atoms with Crippen molar-refractivity contribution in [1.82, 2.24) is 24.4 Å². The number of rotatable bonds is 5. The summed E-state index contributed by atoms with van der Waals surface area (Å²) in [6, 6.07) is 6.62. The minimum absolute atomic E-state index is 0.104. The van der Waals surface area contributed by atoms with Crippen LogP contribution in [0, 0.1) is 5.82 Å². The van der Waals surface area contributed by atoms with Gasteiger partial charge >= 0.3 is 0 Å². The lowest BCUT2D eigenvalue weighted by Gasteiger charge is -2.36. The first-order valence-corrected chi connectivity index (χ1v) is 10.7. The molecule has 8 nitrogen and oxygen atoms in total. The van der Waals surface area contributed by atoms with E-state index >= 15 is 0 Å². The summed E-state index contributed by atoms with van der Waals surface area (Å²) in [6.45, 7) is 3.87. The van der Waals surface area contributed by atoms with E-state index in [0.29, 0.717) is 42.7 Å². The van der Waals surface area contributed by atoms with Crippen molar-refractivity contribution in [3.05, 3.63) is 53.0 Å². The fourth-order valence-corrected chi connectivity index (χ4v) is 3.94. The summed E-state index contributed by atoms with van der Waals surface area (Å²) in [5.74, 6) is 0.376. The van der Waals surface area contributed by atoms with Crippen molar-refractivity contribution < 1.29 is 9.18 Å². The van der Waals surface area contributed by atoms with E-state index in [2.05, 4.69) is 15.0 Å². The lowest BCUT2D eigenvalue weighted by Crippen LogP contribution is -2.50. The lowest BCUT2D eigenvalue weighted by atomic mass is 10.2. The molecular weight excluding hydrogens is 407 g/mol. The van der Waals surface area contributed by atoms with E-state index in [1.165, 1.54) is 34.9 Å². The molecule has 1 fully saturated rings. The first-order valence-electron chi connectivity index (χ1n) is 9.69. The van der Waals surface area contributed by atoms with Crippen molar-refractivity contribution in [2.24, 2.45) is 0 Å². The topological polar surface area (TPSA) is 84.2 Å². The third-order valence-electron chi connectivity index (χ3n) is 4.96. The second kappa shape index (κ2) is 8.78. The number of amides is 1. The van der Waals surface area contributed by atoms with Gasteiger partial charge in [-0.3, -0.25) is 14.2 Å². The SMILES string of the molecule is CCSc1ncc2c(=O)n(CC(=O)N3CCN(c4ccccc4F)CC3)cnc2n1. The average molecular weight is 428 g/mol. The Hall–Kier alpha value is -3.01. The number of carbonyl (C=O) groups is 1. The molecule has 0 bridgehead atoms. The summed E-state index contributed by atoms with van der Waals surface area (Å²) in [5.41, 5.74) is 0.527. The molecule has 0 N–H and O–H groups in total. The lowest BCUT2D eigenvalue weighted by molar-refractivity contribution is -0.132. The molecule has 30 heavy (non-hydrogen) atoms. The van der Waals surface area contributed by atoms with Crippen molar-refractivity contribution in [2.45, 2.75) is 18.6 Å². The van der Waals surface area contributed by atoms with Crippen LogP contribution in [0.1, 0.15) is 6.92 Å². The number of hydrogen-bond donors (Lipinski definition) is 0. The number of piperazine rings is 1. The molecule has 1 aromatic carbocycles. The van der Waals surface area contributed by atoms with Crippen LogP contribution in [0.15, 0.2) is 46.7 Å². The van der Waals surface area contributed by atoms with Gasteiger partial charge in [0.2, 0.25) is 5.91 Å². The Balaban J connectivity index is 1.43. The number of aromatic nitrogens is 4. The highest BCUT2D eigenvalue weighted by Crippen LogP contribution is 2.20. The maximum atomic E-state index is 14.0. The van der Waals surface area contributed by atoms with Gasteiger partial charge in [-0.05, 0) is 17.9 Å². The molecule has 1 saturated heterocycles. The second-order valence-electron chi connectivity index (χ2n) is 6.82. The van der Waals surface area contributed by atoms with Gasteiger partial charge in [0.15, 0.2) is 10.8 Å². The minimum atomic E-state index is -0.341. The number of para-hydroxylation sites is 1. The number of carbonyl (C=O) groups excluding carboxylic acids is 1. The predicted octanol–water partition coefficient (Wildman–Crippen LogP) is 1.79. The Kier molecular flexibility index (Phi) is 5.93. The molecule has 10 heteroatoms. The molecule has 3 aromatic rings.